The smallest absolute Gasteiger partial charge is 0.163 e. The van der Waals surface area contributed by atoms with Crippen molar-refractivity contribution in [1.29, 1.82) is 0 Å². The van der Waals surface area contributed by atoms with E-state index in [-0.39, 0.29) is 0 Å². The standard InChI is InChI=1S/C10H14N4/c1-8-4-3-7-14-9(5-2-6-11)12-13-10(8)14/h3-4,7H,2,5-6,11H2,1H3. The number of hydrogen-bond acceptors (Lipinski definition) is 3. The Morgan fingerprint density at radius 2 is 2.29 bits per heavy atom. The monoisotopic (exact) mass is 190 g/mol. The Labute approximate surface area is 82.8 Å². The molecule has 74 valence electrons. The molecule has 0 amide bonds. The van der Waals surface area contributed by atoms with E-state index in [2.05, 4.69) is 10.2 Å². The molecule has 0 fully saturated rings. The fourth-order valence-electron chi connectivity index (χ4n) is 1.53. The van der Waals surface area contributed by atoms with Gasteiger partial charge < -0.3 is 5.73 Å². The summed E-state index contributed by atoms with van der Waals surface area (Å²) in [5.74, 6) is 0.995. The number of hydrogen-bond donors (Lipinski definition) is 1. The van der Waals surface area contributed by atoms with Gasteiger partial charge in [-0.15, -0.1) is 10.2 Å². The van der Waals surface area contributed by atoms with E-state index in [1.807, 2.05) is 29.7 Å². The number of rotatable bonds is 3. The highest BCUT2D eigenvalue weighted by atomic mass is 15.2. The Morgan fingerprint density at radius 1 is 1.43 bits per heavy atom. The highest BCUT2D eigenvalue weighted by Gasteiger charge is 2.05. The zero-order valence-corrected chi connectivity index (χ0v) is 8.27. The van der Waals surface area contributed by atoms with Gasteiger partial charge in [0.25, 0.3) is 0 Å². The molecule has 0 saturated carbocycles. The van der Waals surface area contributed by atoms with E-state index in [0.29, 0.717) is 6.54 Å². The zero-order valence-electron chi connectivity index (χ0n) is 8.27. The Morgan fingerprint density at radius 3 is 3.07 bits per heavy atom. The van der Waals surface area contributed by atoms with Crippen molar-refractivity contribution in [2.75, 3.05) is 6.54 Å². The molecule has 4 nitrogen and oxygen atoms in total. The molecule has 0 radical (unpaired) electrons. The van der Waals surface area contributed by atoms with Crippen LogP contribution in [0.5, 0.6) is 0 Å². The van der Waals surface area contributed by atoms with Crippen molar-refractivity contribution in [2.24, 2.45) is 5.73 Å². The summed E-state index contributed by atoms with van der Waals surface area (Å²) in [5.41, 5.74) is 7.56. The summed E-state index contributed by atoms with van der Waals surface area (Å²) in [6.45, 7) is 2.73. The number of nitrogens with two attached hydrogens (primary N) is 1. The molecule has 0 unspecified atom stereocenters. The van der Waals surface area contributed by atoms with Gasteiger partial charge in [0, 0.05) is 12.6 Å². The predicted molar refractivity (Wildman–Crippen MR) is 55.1 cm³/mol. The van der Waals surface area contributed by atoms with Gasteiger partial charge >= 0.3 is 0 Å². The van der Waals surface area contributed by atoms with Crippen LogP contribution in [0.25, 0.3) is 5.65 Å². The van der Waals surface area contributed by atoms with E-state index in [4.69, 9.17) is 5.73 Å². The molecule has 0 aromatic carbocycles. The highest BCUT2D eigenvalue weighted by Crippen LogP contribution is 2.09. The molecule has 0 spiro atoms. The van der Waals surface area contributed by atoms with Crippen molar-refractivity contribution >= 4 is 5.65 Å². The number of fused-ring (bicyclic) bond motifs is 1. The van der Waals surface area contributed by atoms with Crippen LogP contribution in [0, 0.1) is 6.92 Å². The summed E-state index contributed by atoms with van der Waals surface area (Å²) in [5, 5.41) is 8.29. The second kappa shape index (κ2) is 3.75. The van der Waals surface area contributed by atoms with Gasteiger partial charge in [0.15, 0.2) is 5.65 Å². The number of nitrogens with zero attached hydrogens (tertiary/aromatic N) is 3. The molecule has 0 aliphatic carbocycles. The Bertz CT molecular complexity index is 433. The van der Waals surface area contributed by atoms with Crippen molar-refractivity contribution < 1.29 is 0 Å². The molecule has 2 aromatic rings. The fourth-order valence-corrected chi connectivity index (χ4v) is 1.53. The Balaban J connectivity index is 2.42. The van der Waals surface area contributed by atoms with Crippen molar-refractivity contribution in [2.45, 2.75) is 19.8 Å². The van der Waals surface area contributed by atoms with Crippen LogP contribution in [0.4, 0.5) is 0 Å². The highest BCUT2D eigenvalue weighted by molar-refractivity contribution is 5.46. The topological polar surface area (TPSA) is 56.2 Å². The van der Waals surface area contributed by atoms with E-state index < -0.39 is 0 Å². The summed E-state index contributed by atoms with van der Waals surface area (Å²) in [6.07, 6.45) is 3.84. The van der Waals surface area contributed by atoms with E-state index in [1.54, 1.807) is 0 Å². The zero-order chi connectivity index (χ0) is 9.97. The molecule has 14 heavy (non-hydrogen) atoms. The summed E-state index contributed by atoms with van der Waals surface area (Å²) in [6, 6.07) is 4.05. The first-order chi connectivity index (χ1) is 6.83. The van der Waals surface area contributed by atoms with E-state index >= 15 is 0 Å². The second-order valence-corrected chi connectivity index (χ2v) is 3.39. The first-order valence-electron chi connectivity index (χ1n) is 4.82. The van der Waals surface area contributed by atoms with Crippen LogP contribution in [0.1, 0.15) is 17.8 Å². The van der Waals surface area contributed by atoms with Gasteiger partial charge in [0.2, 0.25) is 0 Å². The predicted octanol–water partition coefficient (Wildman–Crippen LogP) is 0.929. The minimum atomic E-state index is 0.695. The van der Waals surface area contributed by atoms with Crippen molar-refractivity contribution in [3.8, 4) is 0 Å². The molecule has 0 atom stereocenters. The second-order valence-electron chi connectivity index (χ2n) is 3.39. The van der Waals surface area contributed by atoms with Gasteiger partial charge in [0.1, 0.15) is 5.82 Å². The Kier molecular flexibility index (Phi) is 2.45. The molecular weight excluding hydrogens is 176 g/mol. The third-order valence-electron chi connectivity index (χ3n) is 2.30. The van der Waals surface area contributed by atoms with Gasteiger partial charge in [-0.25, -0.2) is 0 Å². The average molecular weight is 190 g/mol. The lowest BCUT2D eigenvalue weighted by Crippen LogP contribution is -2.03. The van der Waals surface area contributed by atoms with Crippen molar-refractivity contribution in [1.82, 2.24) is 14.6 Å². The van der Waals surface area contributed by atoms with Crippen LogP contribution in [0.2, 0.25) is 0 Å². The first kappa shape index (κ1) is 9.15. The van der Waals surface area contributed by atoms with Crippen LogP contribution in [0.15, 0.2) is 18.3 Å². The number of pyridine rings is 1. The molecule has 2 N–H and O–H groups in total. The third kappa shape index (κ3) is 1.48. The quantitative estimate of drug-likeness (QED) is 0.783. The van der Waals surface area contributed by atoms with Gasteiger partial charge in [-0.3, -0.25) is 4.40 Å². The van der Waals surface area contributed by atoms with Gasteiger partial charge in [-0.1, -0.05) is 6.07 Å². The molecule has 0 aliphatic heterocycles. The number of aryl methyl sites for hydroxylation is 2. The fraction of sp³-hybridized carbons (Fsp3) is 0.400. The van der Waals surface area contributed by atoms with Crippen molar-refractivity contribution in [3.05, 3.63) is 29.7 Å². The maximum Gasteiger partial charge on any atom is 0.163 e. The molecule has 0 aliphatic rings. The van der Waals surface area contributed by atoms with Crippen LogP contribution in [-0.2, 0) is 6.42 Å². The maximum atomic E-state index is 5.46. The molecule has 2 aromatic heterocycles. The van der Waals surface area contributed by atoms with Crippen molar-refractivity contribution in [3.63, 3.8) is 0 Å². The average Bonchev–Trinajstić information content (AvgIpc) is 2.60. The minimum Gasteiger partial charge on any atom is -0.330 e. The lowest BCUT2D eigenvalue weighted by molar-refractivity contribution is 0.770. The molecular formula is C10H14N4. The van der Waals surface area contributed by atoms with Gasteiger partial charge in [-0.2, -0.15) is 0 Å². The summed E-state index contributed by atoms with van der Waals surface area (Å²) >= 11 is 0. The largest absolute Gasteiger partial charge is 0.330 e. The normalized spacial score (nSPS) is 11.0. The van der Waals surface area contributed by atoms with E-state index in [1.165, 1.54) is 0 Å². The SMILES string of the molecule is Cc1cccn2c(CCCN)nnc12. The van der Waals surface area contributed by atoms with Crippen LogP contribution >= 0.6 is 0 Å². The Hall–Kier alpha value is -1.42. The molecule has 0 saturated heterocycles. The van der Waals surface area contributed by atoms with Gasteiger partial charge in [-0.05, 0) is 31.5 Å². The summed E-state index contributed by atoms with van der Waals surface area (Å²) in [7, 11) is 0. The van der Waals surface area contributed by atoms with Gasteiger partial charge in [0.05, 0.1) is 0 Å². The molecule has 2 rings (SSSR count). The molecule has 2 heterocycles. The van der Waals surface area contributed by atoms with Crippen LogP contribution < -0.4 is 5.73 Å². The van der Waals surface area contributed by atoms with Crippen LogP contribution in [0.3, 0.4) is 0 Å². The minimum absolute atomic E-state index is 0.695. The lowest BCUT2D eigenvalue weighted by Gasteiger charge is -1.99. The third-order valence-corrected chi connectivity index (χ3v) is 2.30. The number of aromatic nitrogens is 3. The maximum absolute atomic E-state index is 5.46. The summed E-state index contributed by atoms with van der Waals surface area (Å²) < 4.78 is 2.03. The molecule has 0 bridgehead atoms. The lowest BCUT2D eigenvalue weighted by atomic mass is 10.3. The van der Waals surface area contributed by atoms with Crippen LogP contribution in [-0.4, -0.2) is 21.1 Å². The molecule has 4 heteroatoms. The summed E-state index contributed by atoms with van der Waals surface area (Å²) in [4.78, 5) is 0. The van der Waals surface area contributed by atoms with E-state index in [9.17, 15) is 0 Å². The first-order valence-corrected chi connectivity index (χ1v) is 4.82. The van der Waals surface area contributed by atoms with E-state index in [0.717, 1.165) is 29.9 Å².